The highest BCUT2D eigenvalue weighted by atomic mass is 32.2. The van der Waals surface area contributed by atoms with Gasteiger partial charge in [-0.1, -0.05) is 23.8 Å². The van der Waals surface area contributed by atoms with Crippen molar-refractivity contribution in [3.63, 3.8) is 0 Å². The molecule has 0 saturated carbocycles. The molecule has 4 rings (SSSR count). The van der Waals surface area contributed by atoms with Crippen LogP contribution in [0.15, 0.2) is 53.7 Å². The number of aromatic nitrogens is 2. The van der Waals surface area contributed by atoms with E-state index >= 15 is 0 Å². The number of imidazole rings is 1. The average molecular weight is 444 g/mol. The zero-order chi connectivity index (χ0) is 22.6. The number of halogens is 1. The number of nitrogens with zero attached hydrogens (tertiary/aromatic N) is 3. The van der Waals surface area contributed by atoms with Gasteiger partial charge in [-0.05, 0) is 52.0 Å². The molecule has 162 valence electrons. The Balaban J connectivity index is 1.88. The Hall–Kier alpha value is -3.20. The third kappa shape index (κ3) is 3.69. The predicted octanol–water partition coefficient (Wildman–Crippen LogP) is 3.98. The zero-order valence-electron chi connectivity index (χ0n) is 17.6. The number of para-hydroxylation sites is 1. The Morgan fingerprint density at radius 3 is 2.45 bits per heavy atom. The van der Waals surface area contributed by atoms with Gasteiger partial charge < -0.3 is 4.74 Å². The van der Waals surface area contributed by atoms with Gasteiger partial charge in [-0.3, -0.25) is 8.87 Å². The Bertz CT molecular complexity index is 1280. The van der Waals surface area contributed by atoms with Crippen LogP contribution in [0.4, 0.5) is 10.1 Å². The van der Waals surface area contributed by atoms with Crippen molar-refractivity contribution in [1.82, 2.24) is 9.55 Å². The van der Waals surface area contributed by atoms with E-state index in [2.05, 4.69) is 4.98 Å². The molecule has 2 aromatic carbocycles. The molecule has 0 bridgehead atoms. The second kappa shape index (κ2) is 7.19. The molecule has 2 heterocycles. The van der Waals surface area contributed by atoms with Gasteiger partial charge in [0.2, 0.25) is 0 Å². The number of carbonyl (C=O) groups excluding carboxylic acids is 1. The van der Waals surface area contributed by atoms with Crippen molar-refractivity contribution in [2.24, 2.45) is 0 Å². The highest BCUT2D eigenvalue weighted by molar-refractivity contribution is 7.92. The molecule has 7 nitrogen and oxygen atoms in total. The van der Waals surface area contributed by atoms with Gasteiger partial charge in [-0.2, -0.15) is 0 Å². The van der Waals surface area contributed by atoms with Crippen LogP contribution >= 0.6 is 0 Å². The number of benzene rings is 2. The molecule has 0 saturated heterocycles. The van der Waals surface area contributed by atoms with E-state index in [1.54, 1.807) is 39.0 Å². The molecule has 9 heteroatoms. The lowest BCUT2D eigenvalue weighted by Crippen LogP contribution is -2.36. The van der Waals surface area contributed by atoms with Crippen LogP contribution in [-0.2, 0) is 21.3 Å². The second-order valence-corrected chi connectivity index (χ2v) is 10.2. The molecule has 0 radical (unpaired) electrons. The topological polar surface area (TPSA) is 81.5 Å². The zero-order valence-corrected chi connectivity index (χ0v) is 18.4. The molecule has 1 aliphatic heterocycles. The van der Waals surface area contributed by atoms with Crippen LogP contribution in [0, 0.1) is 12.7 Å². The first kappa shape index (κ1) is 21.0. The second-order valence-electron chi connectivity index (χ2n) is 8.34. The normalized spacial score (nSPS) is 13.5. The van der Waals surface area contributed by atoms with Crippen molar-refractivity contribution in [2.75, 3.05) is 4.31 Å². The van der Waals surface area contributed by atoms with Crippen LogP contribution in [0.1, 0.15) is 42.5 Å². The maximum atomic E-state index is 14.9. The van der Waals surface area contributed by atoms with Crippen LogP contribution < -0.4 is 4.31 Å². The lowest BCUT2D eigenvalue weighted by molar-refractivity contribution is 0.00620. The van der Waals surface area contributed by atoms with Crippen LogP contribution in [-0.4, -0.2) is 29.5 Å². The fourth-order valence-corrected chi connectivity index (χ4v) is 4.88. The summed E-state index contributed by atoms with van der Waals surface area (Å²) >= 11 is 0. The monoisotopic (exact) mass is 443 g/mol. The number of esters is 1. The van der Waals surface area contributed by atoms with E-state index < -0.39 is 27.4 Å². The molecule has 0 unspecified atom stereocenters. The summed E-state index contributed by atoms with van der Waals surface area (Å²) in [6.07, 6.45) is 1.38. The van der Waals surface area contributed by atoms with E-state index in [1.807, 2.05) is 6.92 Å². The SMILES string of the molecule is Cc1ccc(S(=O)(=O)N2Cc3c(C(=O)OC(C)(C)C)ncn3-c3cccc(F)c32)cc1. The van der Waals surface area contributed by atoms with Crippen molar-refractivity contribution in [2.45, 2.75) is 44.7 Å². The first-order valence-corrected chi connectivity index (χ1v) is 11.1. The van der Waals surface area contributed by atoms with Gasteiger partial charge >= 0.3 is 5.97 Å². The third-order valence-electron chi connectivity index (χ3n) is 4.84. The summed E-state index contributed by atoms with van der Waals surface area (Å²) in [5.41, 5.74) is 0.634. The molecule has 0 amide bonds. The summed E-state index contributed by atoms with van der Waals surface area (Å²) in [6.45, 7) is 6.77. The average Bonchev–Trinajstić information content (AvgIpc) is 3.11. The Morgan fingerprint density at radius 2 is 1.81 bits per heavy atom. The van der Waals surface area contributed by atoms with Gasteiger partial charge in [0.15, 0.2) is 5.69 Å². The number of ether oxygens (including phenoxy) is 1. The molecule has 0 aliphatic carbocycles. The molecule has 1 aliphatic rings. The Labute approximate surface area is 180 Å². The van der Waals surface area contributed by atoms with Crippen molar-refractivity contribution >= 4 is 21.7 Å². The summed E-state index contributed by atoms with van der Waals surface area (Å²) in [4.78, 5) is 16.9. The lowest BCUT2D eigenvalue weighted by atomic mass is 10.1. The maximum absolute atomic E-state index is 14.9. The van der Waals surface area contributed by atoms with Gasteiger partial charge in [-0.25, -0.2) is 22.6 Å². The van der Waals surface area contributed by atoms with Crippen LogP contribution in [0.5, 0.6) is 0 Å². The largest absolute Gasteiger partial charge is 0.455 e. The van der Waals surface area contributed by atoms with E-state index in [9.17, 15) is 17.6 Å². The number of sulfonamides is 1. The van der Waals surface area contributed by atoms with E-state index in [1.165, 1.54) is 35.2 Å². The van der Waals surface area contributed by atoms with E-state index in [-0.39, 0.29) is 28.5 Å². The van der Waals surface area contributed by atoms with E-state index in [0.29, 0.717) is 5.69 Å². The Kier molecular flexibility index (Phi) is 4.88. The van der Waals surface area contributed by atoms with Gasteiger partial charge in [0.25, 0.3) is 10.0 Å². The number of hydrogen-bond donors (Lipinski definition) is 0. The molecule has 31 heavy (non-hydrogen) atoms. The summed E-state index contributed by atoms with van der Waals surface area (Å²) < 4.78 is 49.7. The fourth-order valence-electron chi connectivity index (χ4n) is 3.43. The minimum atomic E-state index is -4.11. The number of carbonyl (C=O) groups is 1. The molecule has 1 aromatic heterocycles. The molecular formula is C22H22FN3O4S. The molecular weight excluding hydrogens is 421 g/mol. The summed E-state index contributed by atoms with van der Waals surface area (Å²) in [7, 11) is -4.11. The van der Waals surface area contributed by atoms with Crippen molar-refractivity contribution in [3.8, 4) is 5.69 Å². The lowest BCUT2D eigenvalue weighted by Gasteiger charge is -2.32. The first-order chi connectivity index (χ1) is 14.5. The van der Waals surface area contributed by atoms with Gasteiger partial charge in [-0.15, -0.1) is 0 Å². The van der Waals surface area contributed by atoms with Crippen LogP contribution in [0.25, 0.3) is 5.69 Å². The molecule has 3 aromatic rings. The van der Waals surface area contributed by atoms with Crippen LogP contribution in [0.2, 0.25) is 0 Å². The molecule has 0 N–H and O–H groups in total. The smallest absolute Gasteiger partial charge is 0.359 e. The van der Waals surface area contributed by atoms with Crippen molar-refractivity contribution in [1.29, 1.82) is 0 Å². The Morgan fingerprint density at radius 1 is 1.13 bits per heavy atom. The highest BCUT2D eigenvalue weighted by Gasteiger charge is 2.37. The maximum Gasteiger partial charge on any atom is 0.359 e. The molecule has 0 spiro atoms. The number of aryl methyl sites for hydroxylation is 1. The number of anilines is 1. The first-order valence-electron chi connectivity index (χ1n) is 9.67. The summed E-state index contributed by atoms with van der Waals surface area (Å²) in [5.74, 6) is -1.36. The number of fused-ring (bicyclic) bond motifs is 3. The minimum absolute atomic E-state index is 0.00561. The van der Waals surface area contributed by atoms with Crippen molar-refractivity contribution in [3.05, 3.63) is 71.6 Å². The molecule has 0 fully saturated rings. The van der Waals surface area contributed by atoms with Crippen LogP contribution in [0.3, 0.4) is 0 Å². The van der Waals surface area contributed by atoms with E-state index in [0.717, 1.165) is 9.87 Å². The minimum Gasteiger partial charge on any atom is -0.455 e. The predicted molar refractivity (Wildman–Crippen MR) is 113 cm³/mol. The van der Waals surface area contributed by atoms with Gasteiger partial charge in [0.1, 0.15) is 23.4 Å². The van der Waals surface area contributed by atoms with Gasteiger partial charge in [0, 0.05) is 0 Å². The fraction of sp³-hybridized carbons (Fsp3) is 0.273. The van der Waals surface area contributed by atoms with Gasteiger partial charge in [0.05, 0.1) is 22.8 Å². The summed E-state index contributed by atoms with van der Waals surface area (Å²) in [6, 6.07) is 10.6. The number of rotatable bonds is 3. The molecule has 0 atom stereocenters. The highest BCUT2D eigenvalue weighted by Crippen LogP contribution is 2.39. The number of hydrogen-bond acceptors (Lipinski definition) is 5. The van der Waals surface area contributed by atoms with E-state index in [4.69, 9.17) is 4.74 Å². The standard InChI is InChI=1S/C22H22FN3O4S/c1-14-8-10-15(11-9-14)31(28,29)26-12-18-19(21(27)30-22(2,3)4)24-13-25(18)17-7-5-6-16(23)20(17)26/h5-11,13H,12H2,1-4H3. The third-order valence-corrected chi connectivity index (χ3v) is 6.60. The van der Waals surface area contributed by atoms with Crippen molar-refractivity contribution < 1.29 is 22.3 Å². The summed E-state index contributed by atoms with van der Waals surface area (Å²) in [5, 5.41) is 0. The quantitative estimate of drug-likeness (QED) is 0.572.